The van der Waals surface area contributed by atoms with Gasteiger partial charge in [0.2, 0.25) is 5.91 Å². The summed E-state index contributed by atoms with van der Waals surface area (Å²) in [5.41, 5.74) is 5.33. The molecular formula is C12H14BrFN2O. The van der Waals surface area contributed by atoms with E-state index in [9.17, 15) is 9.18 Å². The summed E-state index contributed by atoms with van der Waals surface area (Å²) in [6.07, 6.45) is 2.56. The molecule has 0 spiro atoms. The summed E-state index contributed by atoms with van der Waals surface area (Å²) >= 11 is 3.22. The maximum Gasteiger partial charge on any atom is 0.231 e. The number of anilines is 1. The molecule has 1 saturated carbocycles. The summed E-state index contributed by atoms with van der Waals surface area (Å²) in [5.74, 6) is -0.628. The van der Waals surface area contributed by atoms with Crippen molar-refractivity contribution in [3.63, 3.8) is 0 Å². The molecule has 1 amide bonds. The van der Waals surface area contributed by atoms with Crippen molar-refractivity contribution in [3.05, 3.63) is 28.5 Å². The number of para-hydroxylation sites is 1. The minimum atomic E-state index is -0.498. The fourth-order valence-corrected chi connectivity index (χ4v) is 2.43. The quantitative estimate of drug-likeness (QED) is 0.902. The number of rotatable bonds is 3. The number of hydrogen-bond donors (Lipinski definition) is 2. The SMILES string of the molecule is NCC1(C(=O)Nc2c(F)cccc2Br)CCC1. The fourth-order valence-electron chi connectivity index (χ4n) is 1.99. The zero-order chi connectivity index (χ0) is 12.5. The number of hydrogen-bond acceptors (Lipinski definition) is 2. The molecule has 3 N–H and O–H groups in total. The Morgan fingerprint density at radius 1 is 1.53 bits per heavy atom. The first kappa shape index (κ1) is 12.5. The van der Waals surface area contributed by atoms with Crippen LogP contribution in [0.15, 0.2) is 22.7 Å². The third-order valence-electron chi connectivity index (χ3n) is 3.38. The van der Waals surface area contributed by atoms with Gasteiger partial charge in [0.05, 0.1) is 11.1 Å². The van der Waals surface area contributed by atoms with Gasteiger partial charge in [-0.05, 0) is 40.9 Å². The van der Waals surface area contributed by atoms with Gasteiger partial charge in [-0.3, -0.25) is 4.79 Å². The van der Waals surface area contributed by atoms with Crippen LogP contribution in [0.1, 0.15) is 19.3 Å². The van der Waals surface area contributed by atoms with Crippen molar-refractivity contribution in [2.24, 2.45) is 11.1 Å². The van der Waals surface area contributed by atoms with Crippen molar-refractivity contribution >= 4 is 27.5 Å². The number of carbonyl (C=O) groups is 1. The van der Waals surface area contributed by atoms with E-state index in [2.05, 4.69) is 21.2 Å². The standard InChI is InChI=1S/C12H14BrFN2O/c13-8-3-1-4-9(14)10(8)16-11(17)12(7-15)5-2-6-12/h1,3-4H,2,5-7,15H2,(H,16,17). The third-order valence-corrected chi connectivity index (χ3v) is 4.05. The van der Waals surface area contributed by atoms with Crippen LogP contribution < -0.4 is 11.1 Å². The van der Waals surface area contributed by atoms with Gasteiger partial charge in [0.25, 0.3) is 0 Å². The number of benzene rings is 1. The maximum absolute atomic E-state index is 13.5. The molecule has 1 aliphatic rings. The average Bonchev–Trinajstić information content (AvgIpc) is 2.23. The lowest BCUT2D eigenvalue weighted by molar-refractivity contribution is -0.129. The van der Waals surface area contributed by atoms with E-state index in [1.807, 2.05) is 0 Å². The van der Waals surface area contributed by atoms with Gasteiger partial charge < -0.3 is 11.1 Å². The van der Waals surface area contributed by atoms with Crippen molar-refractivity contribution in [2.75, 3.05) is 11.9 Å². The van der Waals surface area contributed by atoms with Crippen molar-refractivity contribution in [1.29, 1.82) is 0 Å². The molecule has 0 heterocycles. The molecule has 0 radical (unpaired) electrons. The van der Waals surface area contributed by atoms with Gasteiger partial charge in [-0.1, -0.05) is 12.5 Å². The van der Waals surface area contributed by atoms with Crippen LogP contribution >= 0.6 is 15.9 Å². The Hall–Kier alpha value is -0.940. The summed E-state index contributed by atoms with van der Waals surface area (Å²) in [6.45, 7) is 0.310. The van der Waals surface area contributed by atoms with Crippen LogP contribution in [-0.4, -0.2) is 12.5 Å². The second-order valence-electron chi connectivity index (χ2n) is 4.39. The molecule has 0 aliphatic heterocycles. The fraction of sp³-hybridized carbons (Fsp3) is 0.417. The third kappa shape index (κ3) is 2.21. The van der Waals surface area contributed by atoms with Gasteiger partial charge in [0.1, 0.15) is 5.82 Å². The summed E-state index contributed by atoms with van der Waals surface area (Å²) < 4.78 is 14.1. The number of halogens is 2. The van der Waals surface area contributed by atoms with Gasteiger partial charge in [0.15, 0.2) is 0 Å². The average molecular weight is 301 g/mol. The van der Waals surface area contributed by atoms with Crippen molar-refractivity contribution in [2.45, 2.75) is 19.3 Å². The number of nitrogens with one attached hydrogen (secondary N) is 1. The molecule has 0 unspecified atom stereocenters. The molecule has 92 valence electrons. The Kier molecular flexibility index (Phi) is 3.49. The topological polar surface area (TPSA) is 55.1 Å². The molecule has 17 heavy (non-hydrogen) atoms. The number of carbonyl (C=O) groups excluding carboxylic acids is 1. The molecule has 0 atom stereocenters. The lowest BCUT2D eigenvalue weighted by atomic mass is 9.68. The summed E-state index contributed by atoms with van der Waals surface area (Å²) in [5, 5.41) is 2.63. The lowest BCUT2D eigenvalue weighted by Crippen LogP contribution is -2.47. The largest absolute Gasteiger partial charge is 0.329 e. The summed E-state index contributed by atoms with van der Waals surface area (Å²) in [4.78, 5) is 12.1. The number of nitrogens with two attached hydrogens (primary N) is 1. The summed E-state index contributed by atoms with van der Waals surface area (Å²) in [6, 6.07) is 4.59. The second-order valence-corrected chi connectivity index (χ2v) is 5.24. The molecule has 2 rings (SSSR count). The van der Waals surface area contributed by atoms with E-state index in [1.54, 1.807) is 12.1 Å². The van der Waals surface area contributed by atoms with Gasteiger partial charge in [-0.15, -0.1) is 0 Å². The first-order valence-corrected chi connectivity index (χ1v) is 6.34. The van der Waals surface area contributed by atoms with Crippen molar-refractivity contribution in [1.82, 2.24) is 0 Å². The van der Waals surface area contributed by atoms with E-state index in [0.29, 0.717) is 11.0 Å². The smallest absolute Gasteiger partial charge is 0.231 e. The van der Waals surface area contributed by atoms with E-state index in [1.165, 1.54) is 6.07 Å². The molecular weight excluding hydrogens is 287 g/mol. The van der Waals surface area contributed by atoms with E-state index in [4.69, 9.17) is 5.73 Å². The molecule has 1 aromatic carbocycles. The van der Waals surface area contributed by atoms with Gasteiger partial charge >= 0.3 is 0 Å². The van der Waals surface area contributed by atoms with Gasteiger partial charge in [0, 0.05) is 11.0 Å². The molecule has 1 aromatic rings. The Morgan fingerprint density at radius 2 is 2.24 bits per heavy atom. The first-order chi connectivity index (χ1) is 8.09. The Bertz CT molecular complexity index is 420. The first-order valence-electron chi connectivity index (χ1n) is 5.55. The van der Waals surface area contributed by atoms with Crippen LogP contribution in [0.25, 0.3) is 0 Å². The van der Waals surface area contributed by atoms with Gasteiger partial charge in [-0.2, -0.15) is 0 Å². The molecule has 0 aromatic heterocycles. The molecule has 1 aliphatic carbocycles. The highest BCUT2D eigenvalue weighted by Crippen LogP contribution is 2.41. The van der Waals surface area contributed by atoms with Crippen LogP contribution in [0.3, 0.4) is 0 Å². The maximum atomic E-state index is 13.5. The van der Waals surface area contributed by atoms with Gasteiger partial charge in [-0.25, -0.2) is 4.39 Å². The molecule has 1 fully saturated rings. The molecule has 0 saturated heterocycles. The lowest BCUT2D eigenvalue weighted by Gasteiger charge is -2.39. The Balaban J connectivity index is 2.18. The van der Waals surface area contributed by atoms with Crippen LogP contribution in [0.2, 0.25) is 0 Å². The minimum Gasteiger partial charge on any atom is -0.329 e. The normalized spacial score (nSPS) is 17.4. The van der Waals surface area contributed by atoms with E-state index >= 15 is 0 Å². The highest BCUT2D eigenvalue weighted by Gasteiger charge is 2.43. The van der Waals surface area contributed by atoms with Crippen LogP contribution in [0, 0.1) is 11.2 Å². The van der Waals surface area contributed by atoms with Crippen LogP contribution in [0.4, 0.5) is 10.1 Å². The Morgan fingerprint density at radius 3 is 2.71 bits per heavy atom. The van der Waals surface area contributed by atoms with E-state index in [-0.39, 0.29) is 11.6 Å². The van der Waals surface area contributed by atoms with Crippen molar-refractivity contribution < 1.29 is 9.18 Å². The summed E-state index contributed by atoms with van der Waals surface area (Å²) in [7, 11) is 0. The molecule has 5 heteroatoms. The monoisotopic (exact) mass is 300 g/mol. The highest BCUT2D eigenvalue weighted by molar-refractivity contribution is 9.10. The Labute approximate surface area is 108 Å². The minimum absolute atomic E-state index is 0.183. The highest BCUT2D eigenvalue weighted by atomic mass is 79.9. The van der Waals surface area contributed by atoms with Crippen LogP contribution in [-0.2, 0) is 4.79 Å². The van der Waals surface area contributed by atoms with E-state index in [0.717, 1.165) is 19.3 Å². The predicted octanol–water partition coefficient (Wildman–Crippen LogP) is 2.66. The van der Waals surface area contributed by atoms with E-state index < -0.39 is 11.2 Å². The number of amides is 1. The van der Waals surface area contributed by atoms with Crippen molar-refractivity contribution in [3.8, 4) is 0 Å². The zero-order valence-corrected chi connectivity index (χ0v) is 10.9. The zero-order valence-electron chi connectivity index (χ0n) is 9.30. The molecule has 0 bridgehead atoms. The second kappa shape index (κ2) is 4.74. The molecule has 3 nitrogen and oxygen atoms in total. The van der Waals surface area contributed by atoms with Crippen LogP contribution in [0.5, 0.6) is 0 Å². The predicted molar refractivity (Wildman–Crippen MR) is 68.1 cm³/mol.